The number of H-pyrrole nitrogens is 1. The zero-order valence-electron chi connectivity index (χ0n) is 20.5. The average Bonchev–Trinajstić information content (AvgIpc) is 3.05. The van der Waals surface area contributed by atoms with Gasteiger partial charge in [0, 0.05) is 12.3 Å². The Bertz CT molecular complexity index is 1210. The Morgan fingerprint density at radius 3 is 2.18 bits per heavy atom. The molecule has 0 radical (unpaired) electrons. The molecule has 0 spiro atoms. The molecule has 0 aliphatic carbocycles. The number of phosphoric acid groups is 2. The van der Waals surface area contributed by atoms with Gasteiger partial charge in [-0.1, -0.05) is 0 Å². The molecule has 3 heterocycles. The Balaban J connectivity index is 0.00000380. The summed E-state index contributed by atoms with van der Waals surface area (Å²) in [6.07, 6.45) is -16.4. The summed E-state index contributed by atoms with van der Waals surface area (Å²) in [5.74, 6) is -0.883. The molecule has 0 aromatic carbocycles. The third-order valence-electron chi connectivity index (χ3n) is 5.26. The summed E-state index contributed by atoms with van der Waals surface area (Å²) in [7, 11) is -11.8. The quantitative estimate of drug-likeness (QED) is 0.110. The van der Waals surface area contributed by atoms with E-state index >= 15 is 0 Å². The largest absolute Gasteiger partial charge is 1.00 e. The van der Waals surface area contributed by atoms with E-state index in [0.717, 1.165) is 19.2 Å². The molecule has 1 aromatic rings. The van der Waals surface area contributed by atoms with Gasteiger partial charge in [0.1, 0.15) is 42.7 Å². The molecule has 0 saturated carbocycles. The number of rotatable bonds is 9. The summed E-state index contributed by atoms with van der Waals surface area (Å²) < 4.78 is 47.2. The first-order valence-corrected chi connectivity index (χ1v) is 13.1. The summed E-state index contributed by atoms with van der Waals surface area (Å²) >= 11 is 0. The van der Waals surface area contributed by atoms with Crippen LogP contribution in [0.15, 0.2) is 21.9 Å². The molecule has 210 valence electrons. The van der Waals surface area contributed by atoms with E-state index in [9.17, 15) is 58.8 Å². The van der Waals surface area contributed by atoms with Gasteiger partial charge in [0.15, 0.2) is 18.3 Å². The van der Waals surface area contributed by atoms with Gasteiger partial charge in [-0.3, -0.25) is 32.8 Å². The normalized spacial score (nSPS) is 35.6. The van der Waals surface area contributed by atoms with Crippen LogP contribution in [0.3, 0.4) is 0 Å². The summed E-state index contributed by atoms with van der Waals surface area (Å²) in [6.45, 7) is -0.218. The number of nitrogens with one attached hydrogen (secondary N) is 1. The number of ether oxygens (including phenoxy) is 2. The summed E-state index contributed by atoms with van der Waals surface area (Å²) in [5.41, 5.74) is -1.79. The summed E-state index contributed by atoms with van der Waals surface area (Å²) in [5, 5.41) is 49.6. The van der Waals surface area contributed by atoms with Crippen LogP contribution in [-0.2, 0) is 36.8 Å². The van der Waals surface area contributed by atoms with Gasteiger partial charge in [0.2, 0.25) is 0 Å². The maximum Gasteiger partial charge on any atom is 1.00 e. The zero-order valence-corrected chi connectivity index (χ0v) is 26.3. The fourth-order valence-corrected chi connectivity index (χ4v) is 5.53. The molecule has 2 aliphatic rings. The Morgan fingerprint density at radius 1 is 1.00 bits per heavy atom. The van der Waals surface area contributed by atoms with Crippen LogP contribution in [0, 0.1) is 0 Å². The van der Waals surface area contributed by atoms with Crippen LogP contribution >= 0.6 is 15.6 Å². The second kappa shape index (κ2) is 14.7. The van der Waals surface area contributed by atoms with E-state index in [0.29, 0.717) is 4.57 Å². The number of aromatic amines is 1. The second-order valence-electron chi connectivity index (χ2n) is 7.95. The van der Waals surface area contributed by atoms with Gasteiger partial charge in [0.05, 0.1) is 6.61 Å². The van der Waals surface area contributed by atoms with Crippen LogP contribution in [0.2, 0.25) is 0 Å². The van der Waals surface area contributed by atoms with E-state index < -0.39 is 94.5 Å². The van der Waals surface area contributed by atoms with Gasteiger partial charge in [-0.15, -0.1) is 0 Å². The Hall–Kier alpha value is 0.330. The van der Waals surface area contributed by atoms with Gasteiger partial charge < -0.3 is 49.3 Å². The third-order valence-corrected chi connectivity index (χ3v) is 7.79. The Kier molecular flexibility index (Phi) is 14.1. The number of aliphatic hydroxyl groups excluding tert-OH is 5. The number of carbonyl (C=O) groups excluding carboxylic acids is 1. The molecule has 2 unspecified atom stereocenters. The third kappa shape index (κ3) is 9.16. The van der Waals surface area contributed by atoms with Crippen LogP contribution in [0.1, 0.15) is 13.2 Å². The van der Waals surface area contributed by atoms with Crippen molar-refractivity contribution in [2.75, 3.05) is 6.61 Å². The molecule has 19 nitrogen and oxygen atoms in total. The number of hydrogen-bond donors (Lipinski definition) is 6. The van der Waals surface area contributed by atoms with E-state index in [1.807, 2.05) is 4.98 Å². The molecular weight excluding hydrogens is 600 g/mol. The first-order chi connectivity index (χ1) is 17.0. The van der Waals surface area contributed by atoms with Crippen LogP contribution in [0.5, 0.6) is 0 Å². The molecule has 0 amide bonds. The molecule has 2 fully saturated rings. The van der Waals surface area contributed by atoms with Crippen LogP contribution in [0.4, 0.5) is 0 Å². The predicted octanol–water partition coefficient (Wildman–Crippen LogP) is -11.5. The predicted molar refractivity (Wildman–Crippen MR) is 108 cm³/mol. The smallest absolute Gasteiger partial charge is 0.756 e. The van der Waals surface area contributed by atoms with Gasteiger partial charge >= 0.3 is 64.8 Å². The van der Waals surface area contributed by atoms with Gasteiger partial charge in [-0.25, -0.2) is 9.11 Å². The molecular formula is C16H22N2Na2O17P2. The molecule has 1 aromatic heterocycles. The van der Waals surface area contributed by atoms with Crippen molar-refractivity contribution in [2.45, 2.75) is 62.2 Å². The summed E-state index contributed by atoms with van der Waals surface area (Å²) in [4.78, 5) is 60.5. The molecule has 11 atom stereocenters. The van der Waals surface area contributed by atoms with Crippen molar-refractivity contribution in [3.8, 4) is 0 Å². The molecule has 2 aliphatic heterocycles. The maximum atomic E-state index is 12.1. The first-order valence-electron chi connectivity index (χ1n) is 10.2. The number of hydrogen-bond acceptors (Lipinski definition) is 17. The SMILES string of the molecule is CC(=O)[C@H]1O[C@H](OP(=O)([O-])OP(=O)([O-])OC[C@H]2O[C@@H](n3ccc(=O)[nH]c3=O)[C@H](O)[C@@H]2O)[C@H](O)[C@@H](O)[C@@H]1O.[Na+].[Na+]. The van der Waals surface area contributed by atoms with E-state index in [4.69, 9.17) is 9.47 Å². The minimum atomic E-state index is -5.95. The molecule has 39 heavy (non-hydrogen) atoms. The van der Waals surface area contributed by atoms with Crippen molar-refractivity contribution in [1.29, 1.82) is 0 Å². The van der Waals surface area contributed by atoms with Gasteiger partial charge in [-0.05, 0) is 6.92 Å². The van der Waals surface area contributed by atoms with Gasteiger partial charge in [0.25, 0.3) is 21.2 Å². The van der Waals surface area contributed by atoms with Crippen molar-refractivity contribution in [2.24, 2.45) is 0 Å². The molecule has 6 N–H and O–H groups in total. The number of Topliss-reactive ketones (excluding diaryl/α,β-unsaturated/α-hetero) is 1. The van der Waals surface area contributed by atoms with Crippen molar-refractivity contribution in [1.82, 2.24) is 9.55 Å². The fraction of sp³-hybridized carbons (Fsp3) is 0.688. The van der Waals surface area contributed by atoms with Crippen LogP contribution in [-0.4, -0.2) is 96.5 Å². The van der Waals surface area contributed by atoms with E-state index in [1.54, 1.807) is 0 Å². The molecule has 2 saturated heterocycles. The first kappa shape index (κ1) is 37.4. The Labute approximate surface area is 262 Å². The zero-order chi connectivity index (χ0) is 27.9. The van der Waals surface area contributed by atoms with Crippen molar-refractivity contribution in [3.63, 3.8) is 0 Å². The molecule has 0 bridgehead atoms. The van der Waals surface area contributed by atoms with Crippen molar-refractivity contribution < 1.29 is 131 Å². The Morgan fingerprint density at radius 2 is 1.62 bits per heavy atom. The number of phosphoric ester groups is 2. The van der Waals surface area contributed by atoms with Gasteiger partial charge in [-0.2, -0.15) is 0 Å². The topological polar surface area (TPSA) is 299 Å². The standard InChI is InChI=1S/C16H24N2O17P2.2Na/c1-5(19)13-10(23)9(22)12(25)15(33-13)34-37(29,30)35-36(27,28)31-4-6-8(21)11(24)14(32-6)18-3-2-7(20)17-16(18)26;;/h2-3,6,8-15,21-25H,4H2,1H3,(H,27,28)(H,29,30)(H,17,20,26);;/q;2*+1/p-2/t6-,8-,9+,10+,11-,12-,13-,14-,15-;;/m1../s1. The monoisotopic (exact) mass is 622 g/mol. The molecule has 23 heteroatoms. The van der Waals surface area contributed by atoms with E-state index in [-0.39, 0.29) is 59.1 Å². The van der Waals surface area contributed by atoms with Crippen LogP contribution < -0.4 is 80.2 Å². The minimum absolute atomic E-state index is 0. The molecule has 3 rings (SSSR count). The fourth-order valence-electron chi connectivity index (χ4n) is 3.45. The number of nitrogens with zero attached hydrogens (tertiary/aromatic N) is 1. The van der Waals surface area contributed by atoms with E-state index in [2.05, 4.69) is 13.4 Å². The second-order valence-corrected chi connectivity index (χ2v) is 10.9. The number of aromatic nitrogens is 2. The number of aliphatic hydroxyl groups is 5. The van der Waals surface area contributed by atoms with Crippen molar-refractivity contribution >= 4 is 21.4 Å². The average molecular weight is 622 g/mol. The summed E-state index contributed by atoms with van der Waals surface area (Å²) in [6, 6.07) is 0.907. The van der Waals surface area contributed by atoms with E-state index in [1.165, 1.54) is 0 Å². The minimum Gasteiger partial charge on any atom is -0.756 e. The van der Waals surface area contributed by atoms with Crippen LogP contribution in [0.25, 0.3) is 0 Å². The van der Waals surface area contributed by atoms with Crippen molar-refractivity contribution in [3.05, 3.63) is 33.1 Å². The number of ketones is 1. The number of carbonyl (C=O) groups is 1. The maximum absolute atomic E-state index is 12.1.